The zero-order chi connectivity index (χ0) is 15.4. The van der Waals surface area contributed by atoms with E-state index in [0.29, 0.717) is 21.3 Å². The summed E-state index contributed by atoms with van der Waals surface area (Å²) >= 11 is 11.8. The molecule has 0 saturated heterocycles. The molecule has 0 aliphatic heterocycles. The molecule has 0 saturated carbocycles. The Morgan fingerprint density at radius 2 is 1.90 bits per heavy atom. The molecule has 1 amide bonds. The maximum atomic E-state index is 12.3. The van der Waals surface area contributed by atoms with Gasteiger partial charge in [0.25, 0.3) is 5.91 Å². The first kappa shape index (κ1) is 15.7. The van der Waals surface area contributed by atoms with Gasteiger partial charge in [-0.2, -0.15) is 0 Å². The standard InChI is InChI=1S/C16H16Cl2N2O/c1-2-15(10-4-3-5-11(17)8-10)20-16(21)13-7-6-12(18)9-14(13)19/h3-9,15H,2,19H2,1H3,(H,20,21). The van der Waals surface area contributed by atoms with Gasteiger partial charge in [0.2, 0.25) is 0 Å². The van der Waals surface area contributed by atoms with E-state index in [1.807, 2.05) is 25.1 Å². The summed E-state index contributed by atoms with van der Waals surface area (Å²) < 4.78 is 0. The lowest BCUT2D eigenvalue weighted by Crippen LogP contribution is -2.28. The number of nitrogens with two attached hydrogens (primary N) is 1. The van der Waals surface area contributed by atoms with Crippen molar-refractivity contribution in [3.8, 4) is 0 Å². The second kappa shape index (κ2) is 6.83. The molecule has 0 radical (unpaired) electrons. The Hall–Kier alpha value is -1.71. The number of rotatable bonds is 4. The van der Waals surface area contributed by atoms with Gasteiger partial charge in [0.05, 0.1) is 11.6 Å². The van der Waals surface area contributed by atoms with Crippen LogP contribution in [0.3, 0.4) is 0 Å². The van der Waals surface area contributed by atoms with E-state index in [1.165, 1.54) is 0 Å². The highest BCUT2D eigenvalue weighted by atomic mass is 35.5. The number of carbonyl (C=O) groups excluding carboxylic acids is 1. The zero-order valence-corrected chi connectivity index (χ0v) is 13.1. The molecule has 3 nitrogen and oxygen atoms in total. The van der Waals surface area contributed by atoms with Crippen LogP contribution in [0, 0.1) is 0 Å². The molecule has 1 atom stereocenters. The molecular weight excluding hydrogens is 307 g/mol. The number of nitrogen functional groups attached to an aromatic ring is 1. The van der Waals surface area contributed by atoms with Gasteiger partial charge in [-0.1, -0.05) is 42.3 Å². The highest BCUT2D eigenvalue weighted by Crippen LogP contribution is 2.23. The number of benzene rings is 2. The number of hydrogen-bond donors (Lipinski definition) is 2. The molecule has 0 spiro atoms. The van der Waals surface area contributed by atoms with E-state index < -0.39 is 0 Å². The summed E-state index contributed by atoms with van der Waals surface area (Å²) in [6.45, 7) is 2.00. The number of nitrogens with one attached hydrogen (secondary N) is 1. The van der Waals surface area contributed by atoms with Crippen LogP contribution in [0.25, 0.3) is 0 Å². The van der Waals surface area contributed by atoms with Crippen molar-refractivity contribution in [3.05, 3.63) is 63.6 Å². The van der Waals surface area contributed by atoms with Crippen LogP contribution < -0.4 is 11.1 Å². The summed E-state index contributed by atoms with van der Waals surface area (Å²) in [5, 5.41) is 4.12. The molecule has 0 aliphatic carbocycles. The highest BCUT2D eigenvalue weighted by Gasteiger charge is 2.16. The molecule has 0 bridgehead atoms. The van der Waals surface area contributed by atoms with Gasteiger partial charge in [0.1, 0.15) is 0 Å². The summed E-state index contributed by atoms with van der Waals surface area (Å²) in [4.78, 5) is 12.3. The van der Waals surface area contributed by atoms with Crippen LogP contribution in [0.1, 0.15) is 35.3 Å². The van der Waals surface area contributed by atoms with Crippen molar-refractivity contribution < 1.29 is 4.79 Å². The zero-order valence-electron chi connectivity index (χ0n) is 11.6. The summed E-state index contributed by atoms with van der Waals surface area (Å²) in [6, 6.07) is 12.2. The van der Waals surface area contributed by atoms with Gasteiger partial charge in [-0.3, -0.25) is 4.79 Å². The van der Waals surface area contributed by atoms with E-state index in [2.05, 4.69) is 5.32 Å². The van der Waals surface area contributed by atoms with E-state index in [4.69, 9.17) is 28.9 Å². The number of amides is 1. The summed E-state index contributed by atoms with van der Waals surface area (Å²) in [7, 11) is 0. The Bertz CT molecular complexity index is 658. The maximum absolute atomic E-state index is 12.3. The third kappa shape index (κ3) is 3.90. The fourth-order valence-corrected chi connectivity index (χ4v) is 2.50. The maximum Gasteiger partial charge on any atom is 0.253 e. The van der Waals surface area contributed by atoms with Crippen molar-refractivity contribution in [2.75, 3.05) is 5.73 Å². The molecule has 1 unspecified atom stereocenters. The first-order valence-electron chi connectivity index (χ1n) is 6.62. The molecule has 21 heavy (non-hydrogen) atoms. The number of anilines is 1. The van der Waals surface area contributed by atoms with Gasteiger partial charge in [-0.25, -0.2) is 0 Å². The van der Waals surface area contributed by atoms with E-state index in [-0.39, 0.29) is 11.9 Å². The molecule has 2 rings (SSSR count). The predicted molar refractivity (Wildman–Crippen MR) is 87.8 cm³/mol. The quantitative estimate of drug-likeness (QED) is 0.816. The largest absolute Gasteiger partial charge is 0.398 e. The first-order valence-corrected chi connectivity index (χ1v) is 7.38. The molecule has 3 N–H and O–H groups in total. The smallest absolute Gasteiger partial charge is 0.253 e. The Labute approximate surface area is 134 Å². The fraction of sp³-hybridized carbons (Fsp3) is 0.188. The van der Waals surface area contributed by atoms with Crippen LogP contribution in [0.5, 0.6) is 0 Å². The van der Waals surface area contributed by atoms with Gasteiger partial charge >= 0.3 is 0 Å². The third-order valence-electron chi connectivity index (χ3n) is 3.22. The summed E-state index contributed by atoms with van der Waals surface area (Å²) in [5.41, 5.74) is 7.58. The van der Waals surface area contributed by atoms with Crippen LogP contribution >= 0.6 is 23.2 Å². The topological polar surface area (TPSA) is 55.1 Å². The van der Waals surface area contributed by atoms with Crippen molar-refractivity contribution in [1.82, 2.24) is 5.32 Å². The van der Waals surface area contributed by atoms with Crippen LogP contribution in [0.2, 0.25) is 10.0 Å². The first-order chi connectivity index (χ1) is 10.0. The molecule has 2 aromatic rings. The molecule has 110 valence electrons. The third-order valence-corrected chi connectivity index (χ3v) is 3.69. The summed E-state index contributed by atoms with van der Waals surface area (Å²) in [5.74, 6) is -0.226. The lowest BCUT2D eigenvalue weighted by molar-refractivity contribution is 0.0936. The molecule has 0 heterocycles. The minimum absolute atomic E-state index is 0.119. The fourth-order valence-electron chi connectivity index (χ4n) is 2.12. The average Bonchev–Trinajstić information content (AvgIpc) is 2.44. The van der Waals surface area contributed by atoms with Gasteiger partial charge in [0, 0.05) is 15.7 Å². The molecule has 0 fully saturated rings. The van der Waals surface area contributed by atoms with E-state index in [0.717, 1.165) is 12.0 Å². The highest BCUT2D eigenvalue weighted by molar-refractivity contribution is 6.31. The molecule has 0 aliphatic rings. The van der Waals surface area contributed by atoms with Crippen LogP contribution in [0.15, 0.2) is 42.5 Å². The van der Waals surface area contributed by atoms with Crippen molar-refractivity contribution in [2.24, 2.45) is 0 Å². The predicted octanol–water partition coefficient (Wildman–Crippen LogP) is 4.46. The van der Waals surface area contributed by atoms with Crippen molar-refractivity contribution in [3.63, 3.8) is 0 Å². The van der Waals surface area contributed by atoms with Crippen molar-refractivity contribution in [2.45, 2.75) is 19.4 Å². The van der Waals surface area contributed by atoms with E-state index in [1.54, 1.807) is 24.3 Å². The Balaban J connectivity index is 2.20. The van der Waals surface area contributed by atoms with Gasteiger partial charge < -0.3 is 11.1 Å². The monoisotopic (exact) mass is 322 g/mol. The van der Waals surface area contributed by atoms with Crippen LogP contribution in [-0.4, -0.2) is 5.91 Å². The second-order valence-corrected chi connectivity index (χ2v) is 5.59. The van der Waals surface area contributed by atoms with Gasteiger partial charge in [-0.05, 0) is 42.3 Å². The minimum Gasteiger partial charge on any atom is -0.398 e. The van der Waals surface area contributed by atoms with Crippen LogP contribution in [-0.2, 0) is 0 Å². The molecule has 0 aromatic heterocycles. The lowest BCUT2D eigenvalue weighted by atomic mass is 10.0. The number of carbonyl (C=O) groups is 1. The Kier molecular flexibility index (Phi) is 5.10. The lowest BCUT2D eigenvalue weighted by Gasteiger charge is -2.18. The Morgan fingerprint density at radius 1 is 1.19 bits per heavy atom. The average molecular weight is 323 g/mol. The minimum atomic E-state index is -0.226. The number of halogens is 2. The number of hydrogen-bond acceptors (Lipinski definition) is 2. The summed E-state index contributed by atoms with van der Waals surface area (Å²) in [6.07, 6.45) is 0.750. The normalized spacial score (nSPS) is 12.0. The molecular formula is C16H16Cl2N2O. The van der Waals surface area contributed by atoms with Crippen LogP contribution in [0.4, 0.5) is 5.69 Å². The Morgan fingerprint density at radius 3 is 2.52 bits per heavy atom. The molecule has 5 heteroatoms. The van der Waals surface area contributed by atoms with Gasteiger partial charge in [0.15, 0.2) is 0 Å². The second-order valence-electron chi connectivity index (χ2n) is 4.72. The van der Waals surface area contributed by atoms with E-state index >= 15 is 0 Å². The van der Waals surface area contributed by atoms with Gasteiger partial charge in [-0.15, -0.1) is 0 Å². The van der Waals surface area contributed by atoms with Crippen molar-refractivity contribution >= 4 is 34.8 Å². The SMILES string of the molecule is CCC(NC(=O)c1ccc(Cl)cc1N)c1cccc(Cl)c1. The van der Waals surface area contributed by atoms with E-state index in [9.17, 15) is 4.79 Å². The molecule has 2 aromatic carbocycles. The van der Waals surface area contributed by atoms with Crippen molar-refractivity contribution in [1.29, 1.82) is 0 Å².